The lowest BCUT2D eigenvalue weighted by molar-refractivity contribution is 0.103. The van der Waals surface area contributed by atoms with E-state index in [-0.39, 0.29) is 11.1 Å². The molecule has 0 saturated heterocycles. The molecule has 2 aromatic carbocycles. The van der Waals surface area contributed by atoms with Crippen LogP contribution in [0.4, 0.5) is 8.78 Å². The zero-order valence-electron chi connectivity index (χ0n) is 12.0. The van der Waals surface area contributed by atoms with Gasteiger partial charge in [0.05, 0.1) is 11.1 Å². The van der Waals surface area contributed by atoms with Crippen LogP contribution in [-0.2, 0) is 0 Å². The van der Waals surface area contributed by atoms with Crippen molar-refractivity contribution in [2.45, 2.75) is 27.7 Å². The van der Waals surface area contributed by atoms with Gasteiger partial charge < -0.3 is 0 Å². The lowest BCUT2D eigenvalue weighted by atomic mass is 9.96. The minimum Gasteiger partial charge on any atom is -0.288 e. The lowest BCUT2D eigenvalue weighted by Gasteiger charge is -2.09. The summed E-state index contributed by atoms with van der Waals surface area (Å²) in [6, 6.07) is 5.56. The molecule has 0 atom stereocenters. The van der Waals surface area contributed by atoms with Gasteiger partial charge in [0.2, 0.25) is 0 Å². The van der Waals surface area contributed by atoms with Gasteiger partial charge in [-0.15, -0.1) is 0 Å². The SMILES string of the molecule is Cc1cc(F)c(C(=O)c2cc(C)c(C)cc2F)cc1C. The van der Waals surface area contributed by atoms with Crippen LogP contribution >= 0.6 is 0 Å². The molecule has 2 aromatic rings. The van der Waals surface area contributed by atoms with E-state index in [1.807, 2.05) is 0 Å². The molecule has 0 aliphatic heterocycles. The van der Waals surface area contributed by atoms with E-state index in [9.17, 15) is 13.6 Å². The minimum absolute atomic E-state index is 0.0877. The van der Waals surface area contributed by atoms with Crippen LogP contribution in [0.15, 0.2) is 24.3 Å². The fourth-order valence-corrected chi connectivity index (χ4v) is 2.06. The molecule has 2 rings (SSSR count). The third kappa shape index (κ3) is 2.48. The van der Waals surface area contributed by atoms with Gasteiger partial charge in [0.15, 0.2) is 5.78 Å². The molecule has 104 valence electrons. The summed E-state index contributed by atoms with van der Waals surface area (Å²) < 4.78 is 27.9. The van der Waals surface area contributed by atoms with E-state index in [1.165, 1.54) is 24.3 Å². The van der Waals surface area contributed by atoms with Crippen molar-refractivity contribution in [1.82, 2.24) is 0 Å². The average molecular weight is 274 g/mol. The molecule has 0 aliphatic rings. The molecule has 0 spiro atoms. The van der Waals surface area contributed by atoms with Gasteiger partial charge in [-0.3, -0.25) is 4.79 Å². The minimum atomic E-state index is -0.619. The van der Waals surface area contributed by atoms with E-state index < -0.39 is 17.4 Å². The van der Waals surface area contributed by atoms with Crippen molar-refractivity contribution in [2.75, 3.05) is 0 Å². The molecular weight excluding hydrogens is 258 g/mol. The quantitative estimate of drug-likeness (QED) is 0.740. The summed E-state index contributed by atoms with van der Waals surface area (Å²) in [4.78, 5) is 12.3. The Morgan fingerprint density at radius 1 is 0.700 bits per heavy atom. The molecular formula is C17H16F2O. The van der Waals surface area contributed by atoms with E-state index in [2.05, 4.69) is 0 Å². The monoisotopic (exact) mass is 274 g/mol. The maximum absolute atomic E-state index is 13.9. The number of ketones is 1. The van der Waals surface area contributed by atoms with E-state index in [0.717, 1.165) is 22.3 Å². The fourth-order valence-electron chi connectivity index (χ4n) is 2.06. The topological polar surface area (TPSA) is 17.1 Å². The van der Waals surface area contributed by atoms with Crippen LogP contribution in [-0.4, -0.2) is 5.78 Å². The fraction of sp³-hybridized carbons (Fsp3) is 0.235. The summed E-state index contributed by atoms with van der Waals surface area (Å²) in [5.41, 5.74) is 2.96. The first kappa shape index (κ1) is 14.4. The first-order valence-corrected chi connectivity index (χ1v) is 6.39. The van der Waals surface area contributed by atoms with Crippen LogP contribution in [0.2, 0.25) is 0 Å². The maximum atomic E-state index is 13.9. The predicted molar refractivity (Wildman–Crippen MR) is 75.2 cm³/mol. The van der Waals surface area contributed by atoms with Crippen molar-refractivity contribution in [3.63, 3.8) is 0 Å². The molecule has 0 N–H and O–H groups in total. The molecule has 0 aliphatic carbocycles. The zero-order valence-corrected chi connectivity index (χ0v) is 12.0. The molecule has 20 heavy (non-hydrogen) atoms. The van der Waals surface area contributed by atoms with Crippen LogP contribution < -0.4 is 0 Å². The number of aryl methyl sites for hydroxylation is 4. The Bertz CT molecular complexity index is 643. The largest absolute Gasteiger partial charge is 0.288 e. The van der Waals surface area contributed by atoms with E-state index >= 15 is 0 Å². The van der Waals surface area contributed by atoms with Crippen molar-refractivity contribution < 1.29 is 13.6 Å². The highest BCUT2D eigenvalue weighted by Crippen LogP contribution is 2.22. The number of carbonyl (C=O) groups is 1. The molecule has 0 aromatic heterocycles. The highest BCUT2D eigenvalue weighted by molar-refractivity contribution is 6.09. The number of benzene rings is 2. The molecule has 0 amide bonds. The second-order valence-corrected chi connectivity index (χ2v) is 5.16. The molecule has 0 unspecified atom stereocenters. The zero-order chi connectivity index (χ0) is 15.0. The Morgan fingerprint density at radius 3 is 1.35 bits per heavy atom. The number of carbonyl (C=O) groups excluding carboxylic acids is 1. The predicted octanol–water partition coefficient (Wildman–Crippen LogP) is 4.43. The molecule has 1 nitrogen and oxygen atoms in total. The second-order valence-electron chi connectivity index (χ2n) is 5.16. The highest BCUT2D eigenvalue weighted by Gasteiger charge is 2.19. The van der Waals surface area contributed by atoms with Gasteiger partial charge in [-0.25, -0.2) is 8.78 Å². The van der Waals surface area contributed by atoms with Crippen LogP contribution in [0, 0.1) is 39.3 Å². The Hall–Kier alpha value is -2.03. The standard InChI is InChI=1S/C17H16F2O/c1-9-5-13(15(18)7-11(9)3)17(20)14-6-10(2)12(4)8-16(14)19/h5-8H,1-4H3. The third-order valence-corrected chi connectivity index (χ3v) is 3.66. The molecule has 0 bridgehead atoms. The second kappa shape index (κ2) is 5.16. The van der Waals surface area contributed by atoms with Gasteiger partial charge in [-0.1, -0.05) is 0 Å². The van der Waals surface area contributed by atoms with Gasteiger partial charge in [0.1, 0.15) is 11.6 Å². The van der Waals surface area contributed by atoms with Gasteiger partial charge in [-0.2, -0.15) is 0 Å². The number of rotatable bonds is 2. The van der Waals surface area contributed by atoms with Crippen molar-refractivity contribution in [2.24, 2.45) is 0 Å². The van der Waals surface area contributed by atoms with Crippen molar-refractivity contribution in [3.05, 3.63) is 69.3 Å². The van der Waals surface area contributed by atoms with Crippen molar-refractivity contribution in [3.8, 4) is 0 Å². The van der Waals surface area contributed by atoms with Crippen molar-refractivity contribution in [1.29, 1.82) is 0 Å². The van der Waals surface area contributed by atoms with Crippen LogP contribution in [0.5, 0.6) is 0 Å². The molecule has 0 heterocycles. The Morgan fingerprint density at radius 2 is 1.00 bits per heavy atom. The summed E-state index contributed by atoms with van der Waals surface area (Å²) >= 11 is 0. The summed E-state index contributed by atoms with van der Waals surface area (Å²) in [5.74, 6) is -1.85. The van der Waals surface area contributed by atoms with Gasteiger partial charge >= 0.3 is 0 Å². The molecule has 0 radical (unpaired) electrons. The van der Waals surface area contributed by atoms with Gasteiger partial charge in [0.25, 0.3) is 0 Å². The number of halogens is 2. The smallest absolute Gasteiger partial charge is 0.198 e. The van der Waals surface area contributed by atoms with E-state index in [0.29, 0.717) is 0 Å². The number of hydrogen-bond acceptors (Lipinski definition) is 1. The Kier molecular flexibility index (Phi) is 3.71. The van der Waals surface area contributed by atoms with Crippen molar-refractivity contribution >= 4 is 5.78 Å². The summed E-state index contributed by atoms with van der Waals surface area (Å²) in [5, 5.41) is 0. The maximum Gasteiger partial charge on any atom is 0.198 e. The summed E-state index contributed by atoms with van der Waals surface area (Å²) in [6.45, 7) is 7.12. The molecule has 3 heteroatoms. The van der Waals surface area contributed by atoms with Gasteiger partial charge in [0, 0.05) is 0 Å². The summed E-state index contributed by atoms with van der Waals surface area (Å²) in [6.07, 6.45) is 0. The first-order chi connectivity index (χ1) is 9.31. The normalized spacial score (nSPS) is 10.7. The average Bonchev–Trinajstić information content (AvgIpc) is 2.37. The first-order valence-electron chi connectivity index (χ1n) is 6.39. The Balaban J connectivity index is 2.57. The highest BCUT2D eigenvalue weighted by atomic mass is 19.1. The molecule has 0 fully saturated rings. The Labute approximate surface area is 117 Å². The lowest BCUT2D eigenvalue weighted by Crippen LogP contribution is -2.09. The van der Waals surface area contributed by atoms with Crippen LogP contribution in [0.1, 0.15) is 38.2 Å². The van der Waals surface area contributed by atoms with E-state index in [4.69, 9.17) is 0 Å². The van der Waals surface area contributed by atoms with Crippen LogP contribution in [0.25, 0.3) is 0 Å². The molecule has 0 saturated carbocycles. The van der Waals surface area contributed by atoms with Gasteiger partial charge in [-0.05, 0) is 74.2 Å². The third-order valence-electron chi connectivity index (χ3n) is 3.66. The van der Waals surface area contributed by atoms with E-state index in [1.54, 1.807) is 27.7 Å². The number of hydrogen-bond donors (Lipinski definition) is 0. The summed E-state index contributed by atoms with van der Waals surface area (Å²) in [7, 11) is 0. The van der Waals surface area contributed by atoms with Crippen LogP contribution in [0.3, 0.4) is 0 Å².